The van der Waals surface area contributed by atoms with E-state index >= 15 is 0 Å². The van der Waals surface area contributed by atoms with Crippen LogP contribution in [0.2, 0.25) is 0 Å². The SMILES string of the molecule is CCCCC(CC)(C(=O)OOC(=O)C1(CC)OOC1CCC)C(CCC)C(C)(C)C. The van der Waals surface area contributed by atoms with E-state index in [1.165, 1.54) is 0 Å². The third kappa shape index (κ3) is 5.56. The Labute approximate surface area is 183 Å². The molecule has 0 bridgehead atoms. The van der Waals surface area contributed by atoms with Crippen LogP contribution in [-0.4, -0.2) is 23.6 Å². The Morgan fingerprint density at radius 2 is 1.67 bits per heavy atom. The molecule has 30 heavy (non-hydrogen) atoms. The minimum atomic E-state index is -1.19. The van der Waals surface area contributed by atoms with Crippen molar-refractivity contribution in [2.75, 3.05) is 0 Å². The lowest BCUT2D eigenvalue weighted by Crippen LogP contribution is -2.62. The second-order valence-corrected chi connectivity index (χ2v) is 9.76. The number of rotatable bonds is 12. The average Bonchev–Trinajstić information content (AvgIpc) is 2.69. The first-order valence-electron chi connectivity index (χ1n) is 11.9. The van der Waals surface area contributed by atoms with Gasteiger partial charge in [-0.05, 0) is 43.4 Å². The molecule has 176 valence electrons. The number of unbranched alkanes of at least 4 members (excludes halogenated alkanes) is 1. The summed E-state index contributed by atoms with van der Waals surface area (Å²) in [5, 5.41) is 0. The summed E-state index contributed by atoms with van der Waals surface area (Å²) >= 11 is 0. The van der Waals surface area contributed by atoms with Gasteiger partial charge in [0.25, 0.3) is 0 Å². The highest BCUT2D eigenvalue weighted by Crippen LogP contribution is 2.49. The number of carbonyl (C=O) groups excluding carboxylic acids is 2. The smallest absolute Gasteiger partial charge is 0.247 e. The predicted octanol–water partition coefficient (Wildman–Crippen LogP) is 6.32. The summed E-state index contributed by atoms with van der Waals surface area (Å²) in [7, 11) is 0. The highest BCUT2D eigenvalue weighted by atomic mass is 17.3. The monoisotopic (exact) mass is 428 g/mol. The molecule has 0 spiro atoms. The topological polar surface area (TPSA) is 71.1 Å². The first-order valence-corrected chi connectivity index (χ1v) is 11.9. The zero-order chi connectivity index (χ0) is 23.0. The molecule has 0 aromatic heterocycles. The van der Waals surface area contributed by atoms with Crippen LogP contribution in [-0.2, 0) is 29.1 Å². The Balaban J connectivity index is 3.06. The van der Waals surface area contributed by atoms with E-state index in [1.54, 1.807) is 0 Å². The Morgan fingerprint density at radius 1 is 1.00 bits per heavy atom. The van der Waals surface area contributed by atoms with Crippen LogP contribution in [0, 0.1) is 16.7 Å². The Morgan fingerprint density at radius 3 is 2.07 bits per heavy atom. The second-order valence-electron chi connectivity index (χ2n) is 9.76. The number of hydrogen-bond donors (Lipinski definition) is 0. The van der Waals surface area contributed by atoms with Gasteiger partial charge in [0.2, 0.25) is 5.60 Å². The van der Waals surface area contributed by atoms with Crippen LogP contribution >= 0.6 is 0 Å². The second kappa shape index (κ2) is 11.5. The molecule has 0 aromatic carbocycles. The van der Waals surface area contributed by atoms with Gasteiger partial charge in [0.15, 0.2) is 0 Å². The number of hydrogen-bond acceptors (Lipinski definition) is 6. The Bertz CT molecular complexity index is 550. The molecule has 1 aliphatic rings. The van der Waals surface area contributed by atoms with Crippen molar-refractivity contribution in [2.45, 2.75) is 125 Å². The van der Waals surface area contributed by atoms with Gasteiger partial charge in [-0.1, -0.05) is 81.1 Å². The highest BCUT2D eigenvalue weighted by Gasteiger charge is 2.59. The molecule has 1 rings (SSSR count). The summed E-state index contributed by atoms with van der Waals surface area (Å²) in [5.74, 6) is -1.01. The maximum Gasteiger partial charge on any atom is 0.393 e. The Kier molecular flexibility index (Phi) is 10.3. The van der Waals surface area contributed by atoms with Crippen molar-refractivity contribution in [1.82, 2.24) is 0 Å². The first kappa shape index (κ1) is 26.9. The summed E-state index contributed by atoms with van der Waals surface area (Å²) < 4.78 is 0. The fourth-order valence-electron chi connectivity index (χ4n) is 4.91. The van der Waals surface area contributed by atoms with Crippen molar-refractivity contribution in [3.05, 3.63) is 0 Å². The molecule has 0 saturated carbocycles. The maximum absolute atomic E-state index is 13.4. The molecule has 0 amide bonds. The van der Waals surface area contributed by atoms with Crippen molar-refractivity contribution >= 4 is 11.9 Å². The number of carbonyl (C=O) groups is 2. The third-order valence-corrected chi connectivity index (χ3v) is 6.75. The van der Waals surface area contributed by atoms with Gasteiger partial charge in [0.05, 0.1) is 5.41 Å². The van der Waals surface area contributed by atoms with E-state index in [9.17, 15) is 9.59 Å². The van der Waals surface area contributed by atoms with Crippen LogP contribution in [0.3, 0.4) is 0 Å². The fraction of sp³-hybridized carbons (Fsp3) is 0.917. The van der Waals surface area contributed by atoms with E-state index in [2.05, 4.69) is 34.6 Å². The highest BCUT2D eigenvalue weighted by molar-refractivity contribution is 5.82. The van der Waals surface area contributed by atoms with Crippen molar-refractivity contribution in [3.63, 3.8) is 0 Å². The standard InChI is InChI=1S/C24H44O6/c1-9-14-17-23(12-4,18(15-10-2)22(6,7)8)20(25)28-29-21(26)24(13-5)19(16-11-3)27-30-24/h18-19H,9-17H2,1-8H3. The molecule has 1 heterocycles. The van der Waals surface area contributed by atoms with Crippen LogP contribution in [0.25, 0.3) is 0 Å². The summed E-state index contributed by atoms with van der Waals surface area (Å²) in [6.45, 7) is 16.6. The molecule has 1 aliphatic heterocycles. The quantitative estimate of drug-likeness (QED) is 0.268. The molecule has 0 aliphatic carbocycles. The zero-order valence-electron chi connectivity index (χ0n) is 20.5. The van der Waals surface area contributed by atoms with Gasteiger partial charge in [-0.2, -0.15) is 0 Å². The van der Waals surface area contributed by atoms with Gasteiger partial charge < -0.3 is 0 Å². The summed E-state index contributed by atoms with van der Waals surface area (Å²) in [4.78, 5) is 46.9. The van der Waals surface area contributed by atoms with E-state index in [0.29, 0.717) is 19.3 Å². The van der Waals surface area contributed by atoms with Gasteiger partial charge in [-0.3, -0.25) is 0 Å². The summed E-state index contributed by atoms with van der Waals surface area (Å²) in [6.07, 6.45) is 6.70. The molecule has 6 nitrogen and oxygen atoms in total. The molecular weight excluding hydrogens is 384 g/mol. The molecule has 4 atom stereocenters. The van der Waals surface area contributed by atoms with Crippen LogP contribution < -0.4 is 0 Å². The normalized spacial score (nSPS) is 24.5. The molecule has 6 heteroatoms. The van der Waals surface area contributed by atoms with Crippen LogP contribution in [0.4, 0.5) is 0 Å². The molecule has 1 fully saturated rings. The molecule has 0 radical (unpaired) electrons. The average molecular weight is 429 g/mol. The summed E-state index contributed by atoms with van der Waals surface area (Å²) in [5.41, 5.74) is -1.96. The minimum absolute atomic E-state index is 0.0788. The van der Waals surface area contributed by atoms with Gasteiger partial charge in [-0.25, -0.2) is 29.1 Å². The van der Waals surface area contributed by atoms with Crippen molar-refractivity contribution in [1.29, 1.82) is 0 Å². The first-order chi connectivity index (χ1) is 14.1. The minimum Gasteiger partial charge on any atom is -0.247 e. The van der Waals surface area contributed by atoms with E-state index in [0.717, 1.165) is 38.5 Å². The van der Waals surface area contributed by atoms with E-state index in [-0.39, 0.29) is 17.4 Å². The van der Waals surface area contributed by atoms with E-state index in [1.807, 2.05) is 20.8 Å². The largest absolute Gasteiger partial charge is 0.393 e. The molecule has 0 aromatic rings. The maximum atomic E-state index is 13.4. The van der Waals surface area contributed by atoms with E-state index < -0.39 is 23.0 Å². The zero-order valence-corrected chi connectivity index (χ0v) is 20.5. The summed E-state index contributed by atoms with van der Waals surface area (Å²) in [6, 6.07) is 0. The molecule has 1 saturated heterocycles. The van der Waals surface area contributed by atoms with Crippen molar-refractivity contribution in [2.24, 2.45) is 16.7 Å². The lowest BCUT2D eigenvalue weighted by Gasteiger charge is -2.45. The van der Waals surface area contributed by atoms with Gasteiger partial charge in [-0.15, -0.1) is 0 Å². The van der Waals surface area contributed by atoms with Gasteiger partial charge >= 0.3 is 11.9 Å². The Hall–Kier alpha value is -1.14. The molecule has 0 N–H and O–H groups in total. The fourth-order valence-corrected chi connectivity index (χ4v) is 4.91. The van der Waals surface area contributed by atoms with Crippen molar-refractivity contribution in [3.8, 4) is 0 Å². The lowest BCUT2D eigenvalue weighted by atomic mass is 9.59. The molecule has 4 unspecified atom stereocenters. The van der Waals surface area contributed by atoms with Crippen LogP contribution in [0.5, 0.6) is 0 Å². The van der Waals surface area contributed by atoms with Gasteiger partial charge in [0.1, 0.15) is 6.10 Å². The van der Waals surface area contributed by atoms with Crippen LogP contribution in [0.15, 0.2) is 0 Å². The van der Waals surface area contributed by atoms with E-state index in [4.69, 9.17) is 19.6 Å². The molecular formula is C24H44O6. The lowest BCUT2D eigenvalue weighted by molar-refractivity contribution is -0.502. The van der Waals surface area contributed by atoms with Gasteiger partial charge in [0, 0.05) is 0 Å². The van der Waals surface area contributed by atoms with Crippen molar-refractivity contribution < 1.29 is 29.1 Å². The third-order valence-electron chi connectivity index (χ3n) is 6.75. The predicted molar refractivity (Wildman–Crippen MR) is 116 cm³/mol. The van der Waals surface area contributed by atoms with Crippen LogP contribution in [0.1, 0.15) is 113 Å².